The van der Waals surface area contributed by atoms with Gasteiger partial charge in [-0.25, -0.2) is 0 Å². The van der Waals surface area contributed by atoms with E-state index in [9.17, 15) is 9.59 Å². The Bertz CT molecular complexity index is 205. The van der Waals surface area contributed by atoms with Crippen LogP contribution in [0.25, 0.3) is 0 Å². The Morgan fingerprint density at radius 1 is 1.27 bits per heavy atom. The molecule has 2 amide bonds. The summed E-state index contributed by atoms with van der Waals surface area (Å²) < 4.78 is 0. The van der Waals surface area contributed by atoms with Crippen molar-refractivity contribution in [2.75, 3.05) is 13.1 Å². The first-order valence-corrected chi connectivity index (χ1v) is 5.27. The van der Waals surface area contributed by atoms with E-state index in [1.54, 1.807) is 6.92 Å². The van der Waals surface area contributed by atoms with E-state index in [4.69, 9.17) is 5.11 Å². The smallest absolute Gasteiger partial charge is 0.239 e. The largest absolute Gasteiger partial charge is 0.393 e. The summed E-state index contributed by atoms with van der Waals surface area (Å²) in [5, 5.41) is 14.0. The quantitative estimate of drug-likeness (QED) is 0.551. The summed E-state index contributed by atoms with van der Waals surface area (Å²) >= 11 is 0. The average Bonchev–Trinajstić information content (AvgIpc) is 2.14. The van der Waals surface area contributed by atoms with Crippen LogP contribution in [-0.2, 0) is 9.59 Å². The molecule has 0 radical (unpaired) electrons. The van der Waals surface area contributed by atoms with Crippen molar-refractivity contribution in [3.8, 4) is 0 Å². The van der Waals surface area contributed by atoms with Crippen LogP contribution >= 0.6 is 0 Å². The molecule has 0 aromatic heterocycles. The van der Waals surface area contributed by atoms with E-state index in [0.717, 1.165) is 6.42 Å². The van der Waals surface area contributed by atoms with E-state index in [2.05, 4.69) is 10.6 Å². The molecule has 0 aromatic rings. The SMILES string of the molecule is CCCC(=O)NCC(=O)NCCC(C)O. The number of carbonyl (C=O) groups excluding carboxylic acids is 2. The number of carbonyl (C=O) groups is 2. The maximum absolute atomic E-state index is 11.1. The molecule has 0 heterocycles. The fraction of sp³-hybridized carbons (Fsp3) is 0.800. The zero-order chi connectivity index (χ0) is 11.7. The highest BCUT2D eigenvalue weighted by Crippen LogP contribution is 1.86. The summed E-state index contributed by atoms with van der Waals surface area (Å²) in [7, 11) is 0. The van der Waals surface area contributed by atoms with E-state index >= 15 is 0 Å². The molecule has 0 aliphatic carbocycles. The average molecular weight is 216 g/mol. The molecule has 88 valence electrons. The first-order valence-electron chi connectivity index (χ1n) is 5.27. The van der Waals surface area contributed by atoms with Crippen molar-refractivity contribution in [3.63, 3.8) is 0 Å². The Labute approximate surface area is 90.2 Å². The number of hydrogen-bond donors (Lipinski definition) is 3. The maximum atomic E-state index is 11.1. The summed E-state index contributed by atoms with van der Waals surface area (Å²) in [6.45, 7) is 4.01. The van der Waals surface area contributed by atoms with Gasteiger partial charge in [-0.3, -0.25) is 9.59 Å². The fourth-order valence-electron chi connectivity index (χ4n) is 0.977. The summed E-state index contributed by atoms with van der Waals surface area (Å²) in [5.74, 6) is -0.330. The molecule has 0 fully saturated rings. The van der Waals surface area contributed by atoms with Crippen molar-refractivity contribution >= 4 is 11.8 Å². The second-order valence-corrected chi connectivity index (χ2v) is 3.51. The normalized spacial score (nSPS) is 11.9. The minimum atomic E-state index is -0.417. The fourth-order valence-corrected chi connectivity index (χ4v) is 0.977. The van der Waals surface area contributed by atoms with Gasteiger partial charge in [-0.2, -0.15) is 0 Å². The van der Waals surface area contributed by atoms with Crippen LogP contribution in [-0.4, -0.2) is 36.1 Å². The molecule has 0 bridgehead atoms. The van der Waals surface area contributed by atoms with Crippen LogP contribution in [0.4, 0.5) is 0 Å². The molecule has 0 aliphatic rings. The van der Waals surface area contributed by atoms with Crippen LogP contribution < -0.4 is 10.6 Å². The molecule has 5 nitrogen and oxygen atoms in total. The van der Waals surface area contributed by atoms with Gasteiger partial charge in [0.25, 0.3) is 0 Å². The molecule has 3 N–H and O–H groups in total. The molecule has 0 spiro atoms. The molecule has 1 unspecified atom stereocenters. The van der Waals surface area contributed by atoms with Crippen LogP contribution in [0.15, 0.2) is 0 Å². The predicted octanol–water partition coefficient (Wildman–Crippen LogP) is -0.210. The van der Waals surface area contributed by atoms with E-state index in [0.29, 0.717) is 19.4 Å². The minimum Gasteiger partial charge on any atom is -0.393 e. The molecule has 0 aromatic carbocycles. The Hall–Kier alpha value is -1.10. The molecule has 0 rings (SSSR count). The van der Waals surface area contributed by atoms with Gasteiger partial charge in [-0.15, -0.1) is 0 Å². The number of amides is 2. The lowest BCUT2D eigenvalue weighted by Gasteiger charge is -2.07. The van der Waals surface area contributed by atoms with Crippen molar-refractivity contribution < 1.29 is 14.7 Å². The molecular formula is C10H20N2O3. The number of nitrogens with one attached hydrogen (secondary N) is 2. The van der Waals surface area contributed by atoms with Crippen molar-refractivity contribution in [3.05, 3.63) is 0 Å². The molecule has 15 heavy (non-hydrogen) atoms. The molecule has 5 heteroatoms. The number of rotatable bonds is 7. The molecule has 0 saturated carbocycles. The topological polar surface area (TPSA) is 78.4 Å². The Morgan fingerprint density at radius 3 is 2.47 bits per heavy atom. The number of hydrogen-bond acceptors (Lipinski definition) is 3. The van der Waals surface area contributed by atoms with Gasteiger partial charge in [-0.05, 0) is 19.8 Å². The van der Waals surface area contributed by atoms with Gasteiger partial charge in [0.2, 0.25) is 11.8 Å². The summed E-state index contributed by atoms with van der Waals surface area (Å²) in [6.07, 6.45) is 1.32. The van der Waals surface area contributed by atoms with Crippen LogP contribution in [0.1, 0.15) is 33.1 Å². The zero-order valence-corrected chi connectivity index (χ0v) is 9.38. The highest BCUT2D eigenvalue weighted by Gasteiger charge is 2.04. The Kier molecular flexibility index (Phi) is 7.62. The lowest BCUT2D eigenvalue weighted by atomic mass is 10.3. The van der Waals surface area contributed by atoms with Crippen LogP contribution in [0.3, 0.4) is 0 Å². The summed E-state index contributed by atoms with van der Waals surface area (Å²) in [6, 6.07) is 0. The van der Waals surface area contributed by atoms with Gasteiger partial charge >= 0.3 is 0 Å². The van der Waals surface area contributed by atoms with Gasteiger partial charge < -0.3 is 15.7 Å². The first kappa shape index (κ1) is 13.9. The standard InChI is InChI=1S/C10H20N2O3/c1-3-4-9(14)12-7-10(15)11-6-5-8(2)13/h8,13H,3-7H2,1-2H3,(H,11,15)(H,12,14). The highest BCUT2D eigenvalue weighted by molar-refractivity contribution is 5.84. The van der Waals surface area contributed by atoms with Gasteiger partial charge in [0, 0.05) is 13.0 Å². The Balaban J connectivity index is 3.45. The van der Waals surface area contributed by atoms with E-state index in [-0.39, 0.29) is 18.4 Å². The van der Waals surface area contributed by atoms with Gasteiger partial charge in [0.05, 0.1) is 12.6 Å². The third-order valence-electron chi connectivity index (χ3n) is 1.81. The van der Waals surface area contributed by atoms with Crippen LogP contribution in [0.2, 0.25) is 0 Å². The molecular weight excluding hydrogens is 196 g/mol. The highest BCUT2D eigenvalue weighted by atomic mass is 16.3. The van der Waals surface area contributed by atoms with Crippen molar-refractivity contribution in [2.45, 2.75) is 39.2 Å². The first-order chi connectivity index (χ1) is 7.06. The molecule has 0 saturated heterocycles. The van der Waals surface area contributed by atoms with E-state index in [1.165, 1.54) is 0 Å². The van der Waals surface area contributed by atoms with Gasteiger partial charge in [-0.1, -0.05) is 6.92 Å². The van der Waals surface area contributed by atoms with Gasteiger partial charge in [0.1, 0.15) is 0 Å². The molecule has 0 aliphatic heterocycles. The van der Waals surface area contributed by atoms with Crippen molar-refractivity contribution in [2.24, 2.45) is 0 Å². The van der Waals surface area contributed by atoms with E-state index in [1.807, 2.05) is 6.92 Å². The van der Waals surface area contributed by atoms with Crippen molar-refractivity contribution in [1.82, 2.24) is 10.6 Å². The lowest BCUT2D eigenvalue weighted by molar-refractivity contribution is -0.126. The number of aliphatic hydroxyl groups is 1. The third-order valence-corrected chi connectivity index (χ3v) is 1.81. The lowest BCUT2D eigenvalue weighted by Crippen LogP contribution is -2.37. The van der Waals surface area contributed by atoms with Gasteiger partial charge in [0.15, 0.2) is 0 Å². The van der Waals surface area contributed by atoms with Crippen LogP contribution in [0, 0.1) is 0 Å². The second kappa shape index (κ2) is 8.23. The zero-order valence-electron chi connectivity index (χ0n) is 9.38. The molecule has 1 atom stereocenters. The monoisotopic (exact) mass is 216 g/mol. The maximum Gasteiger partial charge on any atom is 0.239 e. The summed E-state index contributed by atoms with van der Waals surface area (Å²) in [4.78, 5) is 22.1. The predicted molar refractivity (Wildman–Crippen MR) is 57.2 cm³/mol. The number of aliphatic hydroxyl groups excluding tert-OH is 1. The second-order valence-electron chi connectivity index (χ2n) is 3.51. The van der Waals surface area contributed by atoms with E-state index < -0.39 is 6.10 Å². The minimum absolute atomic E-state index is 0.0125. The van der Waals surface area contributed by atoms with Crippen molar-refractivity contribution in [1.29, 1.82) is 0 Å². The van der Waals surface area contributed by atoms with Crippen LogP contribution in [0.5, 0.6) is 0 Å². The summed E-state index contributed by atoms with van der Waals surface area (Å²) in [5.41, 5.74) is 0. The third kappa shape index (κ3) is 9.21. The Morgan fingerprint density at radius 2 is 1.93 bits per heavy atom.